The number of hydrogen-bond acceptors (Lipinski definition) is 5. The van der Waals surface area contributed by atoms with Crippen LogP contribution >= 0.6 is 46.6 Å². The van der Waals surface area contributed by atoms with Crippen LogP contribution in [0.15, 0.2) is 47.6 Å². The maximum atomic E-state index is 12.1. The first-order chi connectivity index (χ1) is 13.4. The fourth-order valence-corrected chi connectivity index (χ4v) is 3.58. The Morgan fingerprint density at radius 3 is 2.61 bits per heavy atom. The van der Waals surface area contributed by atoms with Gasteiger partial charge in [-0.2, -0.15) is 0 Å². The molecule has 28 heavy (non-hydrogen) atoms. The van der Waals surface area contributed by atoms with E-state index in [-0.39, 0.29) is 11.7 Å². The SMILES string of the molecule is Cn1c(CNc2cc(Cl)ccc2Cl)nnc1SCC(=O)Nc1ccccc1Cl. The normalized spacial score (nSPS) is 10.7. The number of nitrogens with one attached hydrogen (secondary N) is 2. The van der Waals surface area contributed by atoms with Gasteiger partial charge in [0.1, 0.15) is 0 Å². The van der Waals surface area contributed by atoms with Crippen molar-refractivity contribution in [2.24, 2.45) is 7.05 Å². The Labute approximate surface area is 181 Å². The third-order valence-corrected chi connectivity index (χ3v) is 5.69. The fourth-order valence-electron chi connectivity index (χ4n) is 2.31. The van der Waals surface area contributed by atoms with E-state index in [9.17, 15) is 4.79 Å². The zero-order valence-corrected chi connectivity index (χ0v) is 17.8. The lowest BCUT2D eigenvalue weighted by Crippen LogP contribution is -2.15. The minimum atomic E-state index is -0.175. The van der Waals surface area contributed by atoms with Gasteiger partial charge in [0.05, 0.1) is 33.7 Å². The summed E-state index contributed by atoms with van der Waals surface area (Å²) in [6.45, 7) is 0.413. The molecule has 0 atom stereocenters. The molecule has 10 heteroatoms. The van der Waals surface area contributed by atoms with Crippen molar-refractivity contribution in [2.45, 2.75) is 11.7 Å². The highest BCUT2D eigenvalue weighted by Gasteiger charge is 2.13. The molecule has 3 rings (SSSR count). The molecule has 0 aliphatic carbocycles. The quantitative estimate of drug-likeness (QED) is 0.483. The number of rotatable bonds is 7. The molecule has 0 fully saturated rings. The molecule has 6 nitrogen and oxygen atoms in total. The van der Waals surface area contributed by atoms with E-state index in [0.29, 0.717) is 44.0 Å². The summed E-state index contributed by atoms with van der Waals surface area (Å²) in [5.74, 6) is 0.710. The number of para-hydroxylation sites is 1. The Balaban J connectivity index is 1.56. The highest BCUT2D eigenvalue weighted by molar-refractivity contribution is 7.99. The number of anilines is 2. The molecule has 0 unspecified atom stereocenters. The van der Waals surface area contributed by atoms with E-state index in [1.807, 2.05) is 17.7 Å². The van der Waals surface area contributed by atoms with Crippen molar-refractivity contribution in [2.75, 3.05) is 16.4 Å². The molecule has 0 saturated heterocycles. The van der Waals surface area contributed by atoms with Crippen LogP contribution in [0.1, 0.15) is 5.82 Å². The summed E-state index contributed by atoms with van der Waals surface area (Å²) in [5.41, 5.74) is 1.29. The van der Waals surface area contributed by atoms with Crippen molar-refractivity contribution in [3.63, 3.8) is 0 Å². The van der Waals surface area contributed by atoms with E-state index in [2.05, 4.69) is 20.8 Å². The number of thioether (sulfide) groups is 1. The second kappa shape index (κ2) is 9.52. The lowest BCUT2D eigenvalue weighted by atomic mass is 10.3. The second-order valence-electron chi connectivity index (χ2n) is 5.75. The largest absolute Gasteiger partial charge is 0.376 e. The van der Waals surface area contributed by atoms with Gasteiger partial charge in [0, 0.05) is 12.1 Å². The molecule has 146 valence electrons. The summed E-state index contributed by atoms with van der Waals surface area (Å²) in [6.07, 6.45) is 0. The number of halogens is 3. The van der Waals surface area contributed by atoms with E-state index >= 15 is 0 Å². The second-order valence-corrected chi connectivity index (χ2v) is 7.95. The lowest BCUT2D eigenvalue weighted by molar-refractivity contribution is -0.113. The summed E-state index contributed by atoms with van der Waals surface area (Å²) >= 11 is 19.5. The molecular weight excluding hydrogens is 441 g/mol. The van der Waals surface area contributed by atoms with Crippen molar-refractivity contribution in [1.29, 1.82) is 0 Å². The summed E-state index contributed by atoms with van der Waals surface area (Å²) in [6, 6.07) is 12.3. The molecule has 1 heterocycles. The molecule has 0 saturated carbocycles. The number of nitrogens with zero attached hydrogens (tertiary/aromatic N) is 3. The first-order valence-corrected chi connectivity index (χ1v) is 10.3. The van der Waals surface area contributed by atoms with Gasteiger partial charge in [-0.25, -0.2) is 0 Å². The summed E-state index contributed by atoms with van der Waals surface area (Å²) in [5, 5.41) is 16.5. The Kier molecular flexibility index (Phi) is 7.07. The Bertz CT molecular complexity index is 995. The molecule has 0 radical (unpaired) electrons. The molecule has 2 N–H and O–H groups in total. The van der Waals surface area contributed by atoms with E-state index in [1.165, 1.54) is 11.8 Å². The van der Waals surface area contributed by atoms with Crippen LogP contribution in [0, 0.1) is 0 Å². The maximum absolute atomic E-state index is 12.1. The third-order valence-electron chi connectivity index (χ3n) is 3.77. The molecule has 0 bridgehead atoms. The fraction of sp³-hybridized carbons (Fsp3) is 0.167. The predicted octanol–water partition coefficient (Wildman–Crippen LogP) is 5.12. The van der Waals surface area contributed by atoms with Crippen LogP contribution in [-0.2, 0) is 18.4 Å². The highest BCUT2D eigenvalue weighted by Crippen LogP contribution is 2.26. The minimum absolute atomic E-state index is 0.175. The summed E-state index contributed by atoms with van der Waals surface area (Å²) in [4.78, 5) is 12.1. The van der Waals surface area contributed by atoms with Gasteiger partial charge in [0.25, 0.3) is 0 Å². The lowest BCUT2D eigenvalue weighted by Gasteiger charge is -2.09. The van der Waals surface area contributed by atoms with Crippen LogP contribution in [0.4, 0.5) is 11.4 Å². The van der Waals surface area contributed by atoms with Gasteiger partial charge in [0.15, 0.2) is 11.0 Å². The average molecular weight is 457 g/mol. The zero-order chi connectivity index (χ0) is 20.1. The van der Waals surface area contributed by atoms with Gasteiger partial charge >= 0.3 is 0 Å². The molecule has 0 spiro atoms. The number of carbonyl (C=O) groups is 1. The van der Waals surface area contributed by atoms with E-state index < -0.39 is 0 Å². The van der Waals surface area contributed by atoms with Crippen LogP contribution in [0.2, 0.25) is 15.1 Å². The standard InChI is InChI=1S/C18H16Cl3N5OS/c1-26-16(9-22-15-8-11(19)6-7-13(15)21)24-25-18(26)28-10-17(27)23-14-5-3-2-4-12(14)20/h2-8,22H,9-10H2,1H3,(H,23,27). The minimum Gasteiger partial charge on any atom is -0.376 e. The van der Waals surface area contributed by atoms with Crippen molar-refractivity contribution in [1.82, 2.24) is 14.8 Å². The molecule has 2 aromatic carbocycles. The van der Waals surface area contributed by atoms with Crippen molar-refractivity contribution in [3.8, 4) is 0 Å². The number of carbonyl (C=O) groups excluding carboxylic acids is 1. The van der Waals surface area contributed by atoms with Gasteiger partial charge in [-0.15, -0.1) is 10.2 Å². The van der Waals surface area contributed by atoms with Crippen LogP contribution in [0.25, 0.3) is 0 Å². The van der Waals surface area contributed by atoms with Gasteiger partial charge in [-0.3, -0.25) is 4.79 Å². The zero-order valence-electron chi connectivity index (χ0n) is 14.7. The van der Waals surface area contributed by atoms with Crippen LogP contribution < -0.4 is 10.6 Å². The molecule has 3 aromatic rings. The van der Waals surface area contributed by atoms with Crippen molar-refractivity contribution in [3.05, 3.63) is 63.4 Å². The predicted molar refractivity (Wildman–Crippen MR) is 116 cm³/mol. The van der Waals surface area contributed by atoms with E-state index in [0.717, 1.165) is 0 Å². The average Bonchev–Trinajstić information content (AvgIpc) is 3.02. The smallest absolute Gasteiger partial charge is 0.234 e. The monoisotopic (exact) mass is 455 g/mol. The number of aromatic nitrogens is 3. The Hall–Kier alpha value is -1.93. The van der Waals surface area contributed by atoms with Gasteiger partial charge in [-0.05, 0) is 30.3 Å². The van der Waals surface area contributed by atoms with E-state index in [4.69, 9.17) is 34.8 Å². The summed E-state index contributed by atoms with van der Waals surface area (Å²) in [7, 11) is 1.84. The first kappa shape index (κ1) is 20.8. The molecular formula is C18H16Cl3N5OS. The Morgan fingerprint density at radius 2 is 1.82 bits per heavy atom. The number of amides is 1. The molecule has 1 amide bonds. The van der Waals surface area contributed by atoms with Gasteiger partial charge in [-0.1, -0.05) is 58.7 Å². The highest BCUT2D eigenvalue weighted by atomic mass is 35.5. The van der Waals surface area contributed by atoms with Crippen LogP contribution in [0.3, 0.4) is 0 Å². The van der Waals surface area contributed by atoms with Crippen LogP contribution in [0.5, 0.6) is 0 Å². The summed E-state index contributed by atoms with van der Waals surface area (Å²) < 4.78 is 1.82. The number of hydrogen-bond donors (Lipinski definition) is 2. The first-order valence-electron chi connectivity index (χ1n) is 8.18. The molecule has 0 aliphatic heterocycles. The van der Waals surface area contributed by atoms with Crippen molar-refractivity contribution >= 4 is 63.8 Å². The van der Waals surface area contributed by atoms with E-state index in [1.54, 1.807) is 36.4 Å². The van der Waals surface area contributed by atoms with Crippen molar-refractivity contribution < 1.29 is 4.79 Å². The molecule has 0 aliphatic rings. The van der Waals surface area contributed by atoms with Gasteiger partial charge < -0.3 is 15.2 Å². The maximum Gasteiger partial charge on any atom is 0.234 e. The topological polar surface area (TPSA) is 71.8 Å². The van der Waals surface area contributed by atoms with Gasteiger partial charge in [0.2, 0.25) is 5.91 Å². The molecule has 1 aromatic heterocycles. The third kappa shape index (κ3) is 5.32. The Morgan fingerprint density at radius 1 is 1.07 bits per heavy atom. The van der Waals surface area contributed by atoms with Crippen LogP contribution in [-0.4, -0.2) is 26.4 Å². The number of benzene rings is 2.